The van der Waals surface area contributed by atoms with E-state index in [4.69, 9.17) is 21.1 Å². The first-order valence-corrected chi connectivity index (χ1v) is 9.71. The van der Waals surface area contributed by atoms with E-state index in [0.717, 1.165) is 37.7 Å². The molecular formula is C21H22ClNO3. The molecule has 6 rings (SSSR count). The first kappa shape index (κ1) is 16.4. The maximum atomic E-state index is 12.5. The van der Waals surface area contributed by atoms with Crippen molar-refractivity contribution in [3.05, 3.63) is 35.5 Å². The molecule has 26 heavy (non-hydrogen) atoms. The van der Waals surface area contributed by atoms with Crippen LogP contribution in [0.4, 0.5) is 0 Å². The van der Waals surface area contributed by atoms with Crippen molar-refractivity contribution in [3.8, 4) is 5.75 Å². The van der Waals surface area contributed by atoms with Gasteiger partial charge in [0.2, 0.25) is 5.90 Å². The molecule has 0 saturated heterocycles. The van der Waals surface area contributed by atoms with Gasteiger partial charge in [-0.3, -0.25) is 0 Å². The highest BCUT2D eigenvalue weighted by atomic mass is 35.5. The highest BCUT2D eigenvalue weighted by molar-refractivity contribution is 6.24. The number of ether oxygens (including phenoxy) is 2. The van der Waals surface area contributed by atoms with E-state index in [9.17, 15) is 4.79 Å². The van der Waals surface area contributed by atoms with Crippen molar-refractivity contribution >= 4 is 29.5 Å². The predicted octanol–water partition coefficient (Wildman–Crippen LogP) is 4.57. The van der Waals surface area contributed by atoms with Gasteiger partial charge in [0.25, 0.3) is 0 Å². The highest BCUT2D eigenvalue weighted by Gasteiger charge is 2.60. The minimum Gasteiger partial charge on any atom is -0.496 e. The Balaban J connectivity index is 1.51. The third kappa shape index (κ3) is 2.50. The van der Waals surface area contributed by atoms with Crippen molar-refractivity contribution in [3.63, 3.8) is 0 Å². The number of methoxy groups -OCH3 is 1. The van der Waals surface area contributed by atoms with Crippen LogP contribution in [0.2, 0.25) is 0 Å². The lowest BCUT2D eigenvalue weighted by atomic mass is 9.49. The van der Waals surface area contributed by atoms with Crippen molar-refractivity contribution in [1.29, 1.82) is 0 Å². The van der Waals surface area contributed by atoms with Gasteiger partial charge in [-0.05, 0) is 62.5 Å². The molecule has 1 aromatic carbocycles. The molecule has 0 radical (unpaired) electrons. The summed E-state index contributed by atoms with van der Waals surface area (Å²) in [6, 6.07) is 7.59. The van der Waals surface area contributed by atoms with E-state index in [1.165, 1.54) is 6.42 Å². The Kier molecular flexibility index (Phi) is 3.52. The monoisotopic (exact) mass is 371 g/mol. The third-order valence-corrected chi connectivity index (χ3v) is 6.94. The summed E-state index contributed by atoms with van der Waals surface area (Å²) in [6.45, 7) is 0. The van der Waals surface area contributed by atoms with Crippen molar-refractivity contribution in [1.82, 2.24) is 0 Å². The minimum atomic E-state index is -0.370. The lowest BCUT2D eigenvalue weighted by Crippen LogP contribution is -2.56. The fourth-order valence-corrected chi connectivity index (χ4v) is 6.66. The zero-order valence-electron chi connectivity index (χ0n) is 14.8. The van der Waals surface area contributed by atoms with Crippen LogP contribution < -0.4 is 4.74 Å². The zero-order valence-corrected chi connectivity index (χ0v) is 15.6. The normalized spacial score (nSPS) is 39.2. The number of para-hydroxylation sites is 1. The molecule has 5 aliphatic rings. The molecule has 1 aliphatic heterocycles. The molecule has 0 N–H and O–H groups in total. The maximum Gasteiger partial charge on any atom is 0.363 e. The topological polar surface area (TPSA) is 47.9 Å². The van der Waals surface area contributed by atoms with Crippen LogP contribution in [0.3, 0.4) is 0 Å². The molecule has 4 atom stereocenters. The number of hydrogen-bond donors (Lipinski definition) is 0. The zero-order chi connectivity index (χ0) is 17.9. The molecule has 4 bridgehead atoms. The number of halogens is 1. The number of nitrogens with zero attached hydrogens (tertiary/aromatic N) is 1. The van der Waals surface area contributed by atoms with Gasteiger partial charge in [0, 0.05) is 15.9 Å². The molecule has 0 amide bonds. The molecule has 4 aliphatic carbocycles. The number of alkyl halides is 1. The summed E-state index contributed by atoms with van der Waals surface area (Å²) in [5.41, 5.74) is 1.02. The molecular weight excluding hydrogens is 350 g/mol. The summed E-state index contributed by atoms with van der Waals surface area (Å²) < 4.78 is 11.1. The fourth-order valence-electron chi connectivity index (χ4n) is 5.97. The van der Waals surface area contributed by atoms with Crippen LogP contribution in [0.1, 0.15) is 44.1 Å². The Hall–Kier alpha value is -1.81. The minimum absolute atomic E-state index is 0.131. The van der Waals surface area contributed by atoms with E-state index in [1.54, 1.807) is 13.2 Å². The van der Waals surface area contributed by atoms with Gasteiger partial charge < -0.3 is 9.47 Å². The second-order valence-corrected chi connectivity index (χ2v) is 9.27. The number of rotatable bonds is 3. The fraction of sp³-hybridized carbons (Fsp3) is 0.524. The number of cyclic esters (lactones) is 1. The Labute approximate surface area is 158 Å². The summed E-state index contributed by atoms with van der Waals surface area (Å²) in [5, 5.41) is 0. The van der Waals surface area contributed by atoms with Gasteiger partial charge in [-0.2, -0.15) is 0 Å². The molecule has 0 spiro atoms. The number of benzene rings is 1. The number of esters is 1. The average molecular weight is 372 g/mol. The molecule has 0 aromatic heterocycles. The first-order valence-electron chi connectivity index (χ1n) is 9.34. The van der Waals surface area contributed by atoms with Crippen LogP contribution in [0, 0.1) is 17.3 Å². The van der Waals surface area contributed by atoms with Crippen molar-refractivity contribution in [2.75, 3.05) is 7.11 Å². The predicted molar refractivity (Wildman–Crippen MR) is 100 cm³/mol. The number of hydrogen-bond acceptors (Lipinski definition) is 4. The standard InChI is InChI=1S/C21H22ClNO3/c1-25-17-5-3-2-4-15(17)7-16-18(24)26-19(23-16)20-8-13-6-14(9-20)11-21(22,10-13)12-20/h2-5,7,13-14H,6,8-12H2,1H3/b16-7-/t13-,14+,20?,21?. The summed E-state index contributed by atoms with van der Waals surface area (Å²) in [5.74, 6) is 2.22. The van der Waals surface area contributed by atoms with E-state index in [2.05, 4.69) is 4.99 Å². The van der Waals surface area contributed by atoms with E-state index < -0.39 is 0 Å². The Bertz CT molecular complexity index is 829. The smallest absolute Gasteiger partial charge is 0.363 e. The van der Waals surface area contributed by atoms with Crippen LogP contribution in [0.25, 0.3) is 6.08 Å². The SMILES string of the molecule is COc1ccccc1/C=C1\N=C(C23C[C@@H]4C[C@@H](CC(Cl)(C4)C2)C3)OC1=O. The van der Waals surface area contributed by atoms with Crippen LogP contribution in [0.5, 0.6) is 5.75 Å². The molecule has 1 heterocycles. The van der Waals surface area contributed by atoms with Crippen LogP contribution >= 0.6 is 11.6 Å². The summed E-state index contributed by atoms with van der Waals surface area (Å²) in [7, 11) is 1.62. The van der Waals surface area contributed by atoms with Gasteiger partial charge in [0.05, 0.1) is 7.11 Å². The molecule has 5 heteroatoms. The molecule has 4 nitrogen and oxygen atoms in total. The second kappa shape index (κ2) is 5.59. The van der Waals surface area contributed by atoms with Crippen LogP contribution in [-0.2, 0) is 9.53 Å². The van der Waals surface area contributed by atoms with Gasteiger partial charge in [-0.1, -0.05) is 18.2 Å². The third-order valence-electron chi connectivity index (χ3n) is 6.50. The molecule has 4 saturated carbocycles. The summed E-state index contributed by atoms with van der Waals surface area (Å²) in [4.78, 5) is 17.0. The Morgan fingerprint density at radius 3 is 2.65 bits per heavy atom. The van der Waals surface area contributed by atoms with Crippen molar-refractivity contribution < 1.29 is 14.3 Å². The Morgan fingerprint density at radius 2 is 1.96 bits per heavy atom. The lowest BCUT2D eigenvalue weighted by Gasteiger charge is -2.59. The average Bonchev–Trinajstić information content (AvgIpc) is 2.95. The highest BCUT2D eigenvalue weighted by Crippen LogP contribution is 2.64. The molecule has 4 fully saturated rings. The van der Waals surface area contributed by atoms with Gasteiger partial charge >= 0.3 is 5.97 Å². The van der Waals surface area contributed by atoms with Gasteiger partial charge in [-0.25, -0.2) is 9.79 Å². The summed E-state index contributed by atoms with van der Waals surface area (Å²) in [6.07, 6.45) is 8.18. The lowest BCUT2D eigenvalue weighted by molar-refractivity contribution is -0.131. The van der Waals surface area contributed by atoms with E-state index >= 15 is 0 Å². The van der Waals surface area contributed by atoms with Gasteiger partial charge in [0.15, 0.2) is 5.70 Å². The van der Waals surface area contributed by atoms with Gasteiger partial charge in [0.1, 0.15) is 5.75 Å². The molecule has 136 valence electrons. The van der Waals surface area contributed by atoms with Crippen LogP contribution in [0.15, 0.2) is 35.0 Å². The second-order valence-electron chi connectivity index (χ2n) is 8.47. The number of carbonyl (C=O) groups excluding carboxylic acids is 1. The summed E-state index contributed by atoms with van der Waals surface area (Å²) >= 11 is 6.91. The largest absolute Gasteiger partial charge is 0.496 e. The van der Waals surface area contributed by atoms with E-state index in [-0.39, 0.29) is 16.3 Å². The van der Waals surface area contributed by atoms with Gasteiger partial charge in [-0.15, -0.1) is 11.6 Å². The molecule has 2 unspecified atom stereocenters. The Morgan fingerprint density at radius 1 is 1.23 bits per heavy atom. The molecule has 1 aromatic rings. The van der Waals surface area contributed by atoms with Crippen molar-refractivity contribution in [2.45, 2.75) is 43.4 Å². The number of aliphatic imine (C=N–C) groups is 1. The van der Waals surface area contributed by atoms with E-state index in [1.807, 2.05) is 24.3 Å². The van der Waals surface area contributed by atoms with Crippen LogP contribution in [-0.4, -0.2) is 23.9 Å². The number of carbonyl (C=O) groups is 1. The quantitative estimate of drug-likeness (QED) is 0.444. The van der Waals surface area contributed by atoms with E-state index in [0.29, 0.717) is 29.2 Å². The maximum absolute atomic E-state index is 12.5. The van der Waals surface area contributed by atoms with Crippen molar-refractivity contribution in [2.24, 2.45) is 22.2 Å². The first-order chi connectivity index (χ1) is 12.5.